The van der Waals surface area contributed by atoms with Gasteiger partial charge in [0.15, 0.2) is 0 Å². The first-order chi connectivity index (χ1) is 12.8. The number of nitrogens with zero attached hydrogens (tertiary/aromatic N) is 3. The highest BCUT2D eigenvalue weighted by molar-refractivity contribution is 5.92. The molecule has 6 nitrogen and oxygen atoms in total. The number of aromatic nitrogens is 4. The van der Waals surface area contributed by atoms with Crippen molar-refractivity contribution in [1.29, 1.82) is 0 Å². The molecule has 1 aliphatic carbocycles. The molecule has 0 radical (unpaired) electrons. The van der Waals surface area contributed by atoms with Crippen LogP contribution in [0.2, 0.25) is 0 Å². The largest absolute Gasteiger partial charge is 0.490 e. The molecule has 1 saturated carbocycles. The Kier molecular flexibility index (Phi) is 3.85. The Labute approximate surface area is 152 Å². The smallest absolute Gasteiger partial charge is 0.120 e. The van der Waals surface area contributed by atoms with Gasteiger partial charge in [0, 0.05) is 23.0 Å². The minimum Gasteiger partial charge on any atom is -0.490 e. The van der Waals surface area contributed by atoms with E-state index in [1.807, 2.05) is 12.1 Å². The summed E-state index contributed by atoms with van der Waals surface area (Å²) in [6.07, 6.45) is 6.58. The van der Waals surface area contributed by atoms with E-state index in [0.29, 0.717) is 18.1 Å². The Morgan fingerprint density at radius 2 is 2.04 bits per heavy atom. The minimum atomic E-state index is 0.385. The number of hydrogen-bond acceptors (Lipinski definition) is 5. The molecule has 2 fully saturated rings. The van der Waals surface area contributed by atoms with Gasteiger partial charge in [-0.05, 0) is 63.4 Å². The van der Waals surface area contributed by atoms with Crippen LogP contribution >= 0.6 is 0 Å². The Balaban J connectivity index is 1.49. The lowest BCUT2D eigenvalue weighted by Gasteiger charge is -2.27. The van der Waals surface area contributed by atoms with E-state index in [2.05, 4.69) is 44.5 Å². The van der Waals surface area contributed by atoms with Crippen LogP contribution in [0.5, 0.6) is 5.75 Å². The average Bonchev–Trinajstić information content (AvgIpc) is 3.38. The highest BCUT2D eigenvalue weighted by Crippen LogP contribution is 2.33. The van der Waals surface area contributed by atoms with Crippen molar-refractivity contribution in [2.75, 3.05) is 6.54 Å². The quantitative estimate of drug-likeness (QED) is 0.755. The highest BCUT2D eigenvalue weighted by Gasteiger charge is 2.24. The lowest BCUT2D eigenvalue weighted by molar-refractivity contribution is 0.303. The van der Waals surface area contributed by atoms with Crippen molar-refractivity contribution < 1.29 is 4.74 Å². The molecule has 2 aromatic heterocycles. The molecule has 2 aliphatic rings. The van der Waals surface area contributed by atoms with Crippen LogP contribution in [-0.4, -0.2) is 38.9 Å². The summed E-state index contributed by atoms with van der Waals surface area (Å²) in [5, 5.41) is 12.2. The summed E-state index contributed by atoms with van der Waals surface area (Å²) >= 11 is 0. The third kappa shape index (κ3) is 3.05. The van der Waals surface area contributed by atoms with Gasteiger partial charge >= 0.3 is 0 Å². The Morgan fingerprint density at radius 1 is 1.12 bits per heavy atom. The van der Waals surface area contributed by atoms with Crippen molar-refractivity contribution in [2.24, 2.45) is 0 Å². The third-order valence-corrected chi connectivity index (χ3v) is 5.33. The molecule has 1 aromatic carbocycles. The van der Waals surface area contributed by atoms with Gasteiger partial charge < -0.3 is 10.1 Å². The summed E-state index contributed by atoms with van der Waals surface area (Å²) in [5.41, 5.74) is 3.85. The van der Waals surface area contributed by atoms with E-state index < -0.39 is 0 Å². The van der Waals surface area contributed by atoms with Gasteiger partial charge in [0.05, 0.1) is 17.3 Å². The number of fused-ring (bicyclic) bond motifs is 1. The molecule has 3 aromatic rings. The summed E-state index contributed by atoms with van der Waals surface area (Å²) in [4.78, 5) is 9.05. The molecule has 6 heteroatoms. The molecule has 0 amide bonds. The van der Waals surface area contributed by atoms with Gasteiger partial charge in [-0.15, -0.1) is 0 Å². The number of ether oxygens (including phenoxy) is 1. The first kappa shape index (κ1) is 15.8. The predicted molar refractivity (Wildman–Crippen MR) is 100 cm³/mol. The van der Waals surface area contributed by atoms with Gasteiger partial charge in [-0.2, -0.15) is 5.10 Å². The van der Waals surface area contributed by atoms with Crippen LogP contribution in [0.3, 0.4) is 0 Å². The zero-order valence-electron chi connectivity index (χ0n) is 14.9. The fraction of sp³-hybridized carbons (Fsp3) is 0.450. The maximum atomic E-state index is 5.94. The van der Waals surface area contributed by atoms with E-state index in [0.717, 1.165) is 66.0 Å². The monoisotopic (exact) mass is 349 g/mol. The summed E-state index contributed by atoms with van der Waals surface area (Å²) in [6.45, 7) is 3.27. The van der Waals surface area contributed by atoms with Gasteiger partial charge in [0.25, 0.3) is 0 Å². The summed E-state index contributed by atoms with van der Waals surface area (Å²) in [6, 6.07) is 8.73. The molecule has 1 aliphatic heterocycles. The van der Waals surface area contributed by atoms with Crippen LogP contribution < -0.4 is 10.1 Å². The third-order valence-electron chi connectivity index (χ3n) is 5.33. The topological polar surface area (TPSA) is 75.7 Å². The second-order valence-corrected chi connectivity index (χ2v) is 7.50. The normalized spacial score (nSPS) is 23.3. The van der Waals surface area contributed by atoms with E-state index in [-0.39, 0.29) is 0 Å². The molecule has 0 spiro atoms. The van der Waals surface area contributed by atoms with Crippen molar-refractivity contribution in [1.82, 2.24) is 25.5 Å². The van der Waals surface area contributed by atoms with Gasteiger partial charge in [0.1, 0.15) is 17.8 Å². The van der Waals surface area contributed by atoms with Gasteiger partial charge in [-0.25, -0.2) is 9.97 Å². The van der Waals surface area contributed by atoms with Crippen molar-refractivity contribution in [3.63, 3.8) is 0 Å². The number of H-pyrrole nitrogens is 1. The van der Waals surface area contributed by atoms with E-state index in [9.17, 15) is 0 Å². The Bertz CT molecular complexity index is 933. The SMILES string of the molecule is C[C@H]1CC(c2cc(-c3n[nH]c4ccc(OC5CC5)cc34)ncn2)CCN1. The molecule has 2 N–H and O–H groups in total. The number of piperidine rings is 1. The molecule has 1 saturated heterocycles. The minimum absolute atomic E-state index is 0.385. The van der Waals surface area contributed by atoms with Gasteiger partial charge in [-0.3, -0.25) is 5.10 Å². The lowest BCUT2D eigenvalue weighted by atomic mass is 9.90. The van der Waals surface area contributed by atoms with E-state index in [1.54, 1.807) is 6.33 Å². The Morgan fingerprint density at radius 3 is 2.88 bits per heavy atom. The van der Waals surface area contributed by atoms with Crippen molar-refractivity contribution in [2.45, 2.75) is 50.7 Å². The van der Waals surface area contributed by atoms with Crippen molar-refractivity contribution in [3.05, 3.63) is 36.3 Å². The highest BCUT2D eigenvalue weighted by atomic mass is 16.5. The van der Waals surface area contributed by atoms with Gasteiger partial charge in [0.2, 0.25) is 0 Å². The fourth-order valence-corrected chi connectivity index (χ4v) is 3.77. The first-order valence-corrected chi connectivity index (χ1v) is 9.47. The van der Waals surface area contributed by atoms with Crippen LogP contribution in [-0.2, 0) is 0 Å². The van der Waals surface area contributed by atoms with Crippen LogP contribution in [0.4, 0.5) is 0 Å². The summed E-state index contributed by atoms with van der Waals surface area (Å²) < 4.78 is 5.94. The van der Waals surface area contributed by atoms with E-state index >= 15 is 0 Å². The fourth-order valence-electron chi connectivity index (χ4n) is 3.77. The molecule has 134 valence electrons. The first-order valence-electron chi connectivity index (χ1n) is 9.47. The zero-order chi connectivity index (χ0) is 17.5. The molecule has 3 heterocycles. The average molecular weight is 349 g/mol. The maximum Gasteiger partial charge on any atom is 0.120 e. The standard InChI is InChI=1S/C20H23N5O/c1-12-8-13(6-7-21-12)18-10-19(23-11-22-18)20-16-9-15(26-14-2-3-14)4-5-17(16)24-25-20/h4-5,9-14,21H,2-3,6-8H2,1H3,(H,24,25)/t12-,13?/m0/s1. The van der Waals surface area contributed by atoms with Crippen molar-refractivity contribution in [3.8, 4) is 17.1 Å². The molecule has 2 atom stereocenters. The molecular weight excluding hydrogens is 326 g/mol. The van der Waals surface area contributed by atoms with Gasteiger partial charge in [-0.1, -0.05) is 0 Å². The summed E-state index contributed by atoms with van der Waals surface area (Å²) in [5.74, 6) is 1.39. The lowest BCUT2D eigenvalue weighted by Crippen LogP contribution is -2.35. The number of nitrogens with one attached hydrogen (secondary N) is 2. The second-order valence-electron chi connectivity index (χ2n) is 7.50. The van der Waals surface area contributed by atoms with E-state index in [4.69, 9.17) is 4.74 Å². The number of hydrogen-bond donors (Lipinski definition) is 2. The van der Waals surface area contributed by atoms with Crippen LogP contribution in [0.15, 0.2) is 30.6 Å². The van der Waals surface area contributed by atoms with E-state index in [1.165, 1.54) is 0 Å². The molecular formula is C20H23N5O. The predicted octanol–water partition coefficient (Wildman–Crippen LogP) is 3.42. The molecule has 5 rings (SSSR count). The Hall–Kier alpha value is -2.47. The van der Waals surface area contributed by atoms with Crippen LogP contribution in [0.1, 0.15) is 44.2 Å². The van der Waals surface area contributed by atoms with Crippen LogP contribution in [0, 0.1) is 0 Å². The second kappa shape index (κ2) is 6.36. The molecule has 26 heavy (non-hydrogen) atoms. The number of aromatic amines is 1. The van der Waals surface area contributed by atoms with Crippen LogP contribution in [0.25, 0.3) is 22.3 Å². The number of benzene rings is 1. The zero-order valence-corrected chi connectivity index (χ0v) is 14.9. The van der Waals surface area contributed by atoms with Crippen molar-refractivity contribution >= 4 is 10.9 Å². The molecule has 1 unspecified atom stereocenters. The number of rotatable bonds is 4. The maximum absolute atomic E-state index is 5.94. The summed E-state index contributed by atoms with van der Waals surface area (Å²) in [7, 11) is 0. The molecule has 0 bridgehead atoms.